The molecule has 0 bridgehead atoms. The van der Waals surface area contributed by atoms with Gasteiger partial charge in [0.2, 0.25) is 0 Å². The number of methoxy groups -OCH3 is 1. The summed E-state index contributed by atoms with van der Waals surface area (Å²) in [5.74, 6) is -4.51. The lowest BCUT2D eigenvalue weighted by atomic mass is 9.96. The van der Waals surface area contributed by atoms with Crippen LogP contribution in [0.2, 0.25) is 0 Å². The van der Waals surface area contributed by atoms with Crippen molar-refractivity contribution in [1.82, 2.24) is 14.3 Å². The predicted octanol–water partition coefficient (Wildman–Crippen LogP) is 3.20. The van der Waals surface area contributed by atoms with Crippen molar-refractivity contribution in [2.45, 2.75) is 76.1 Å². The number of H-pyrrole nitrogens is 1. The second-order valence-electron chi connectivity index (χ2n) is 9.85. The lowest BCUT2D eigenvalue weighted by Crippen LogP contribution is -2.48. The number of alkyl halides is 2. The van der Waals surface area contributed by atoms with Gasteiger partial charge in [-0.3, -0.25) is 18.9 Å². The highest BCUT2D eigenvalue weighted by Crippen LogP contribution is 2.64. The summed E-state index contributed by atoms with van der Waals surface area (Å²) in [6.45, 7) is -0.999. The van der Waals surface area contributed by atoms with E-state index in [1.807, 2.05) is 0 Å². The number of aromatic nitrogens is 2. The Balaban J connectivity index is 1.97. The van der Waals surface area contributed by atoms with Gasteiger partial charge in [0.15, 0.2) is 23.9 Å². The Hall–Kier alpha value is -3.33. The lowest BCUT2D eigenvalue weighted by molar-refractivity contribution is -0.158. The molecule has 1 aliphatic heterocycles. The first-order valence-corrected chi connectivity index (χ1v) is 16.1. The van der Waals surface area contributed by atoms with E-state index in [9.17, 15) is 28.5 Å². The van der Waals surface area contributed by atoms with Gasteiger partial charge in [-0.05, 0) is 32.9 Å². The molecule has 1 aromatic heterocycles. The highest BCUT2D eigenvalue weighted by molar-refractivity contribution is 8.55. The average molecular weight is 648 g/mol. The van der Waals surface area contributed by atoms with Crippen LogP contribution in [0.5, 0.6) is 5.75 Å². The maximum Gasteiger partial charge on any atom is 0.351 e. The molecule has 236 valence electrons. The summed E-state index contributed by atoms with van der Waals surface area (Å²) < 4.78 is 70.6. The highest BCUT2D eigenvalue weighted by atomic mass is 32.7. The smallest absolute Gasteiger partial charge is 0.351 e. The second kappa shape index (κ2) is 14.4. The minimum atomic E-state index is -4.52. The van der Waals surface area contributed by atoms with Crippen molar-refractivity contribution in [3.8, 4) is 5.75 Å². The normalized spacial score (nSPS) is 24.4. The van der Waals surface area contributed by atoms with Crippen molar-refractivity contribution in [3.63, 3.8) is 0 Å². The summed E-state index contributed by atoms with van der Waals surface area (Å²) >= 11 is 0.293. The molecule has 7 atom stereocenters. The van der Waals surface area contributed by atoms with Crippen LogP contribution in [0.3, 0.4) is 0 Å². The van der Waals surface area contributed by atoms with Gasteiger partial charge in [-0.2, -0.15) is 0 Å². The number of hydrogen-bond acceptors (Lipinski definition) is 12. The van der Waals surface area contributed by atoms with Crippen molar-refractivity contribution < 1.29 is 46.5 Å². The molecule has 3 unspecified atom stereocenters. The molecule has 0 aliphatic carbocycles. The standard InChI is InChI=1S/C26H32F2N3O10PS/c1-15(32)10-11-21(34)40-22-18(39-24(26(22,3)28)31-20(33)12-13-29-25(31)36)14-19(27)42(37,41-17-8-6-5-7-9-17)43-30-16(2)23(35)38-4/h5-9,12-13,16,18-19,22,24,30H,10-11,14H2,1-4H3,(H,29,36)/t16?,18-,19?,22-,24-,26-,42?/m1/s1. The molecule has 3 rings (SSSR count). The molecule has 2 heterocycles. The van der Waals surface area contributed by atoms with E-state index >= 15 is 8.78 Å². The van der Waals surface area contributed by atoms with Crippen LogP contribution in [0.25, 0.3) is 0 Å². The number of para-hydroxylation sites is 1. The molecule has 17 heteroatoms. The first kappa shape index (κ1) is 34.2. The number of ether oxygens (including phenoxy) is 3. The Morgan fingerprint density at radius 2 is 1.88 bits per heavy atom. The van der Waals surface area contributed by atoms with Gasteiger partial charge >= 0.3 is 24.2 Å². The van der Waals surface area contributed by atoms with Crippen LogP contribution in [0, 0.1) is 0 Å². The molecule has 2 N–H and O–H groups in total. The second-order valence-corrected chi connectivity index (χ2v) is 14.2. The maximum atomic E-state index is 16.4. The van der Waals surface area contributed by atoms with E-state index in [0.29, 0.717) is 16.1 Å². The third kappa shape index (κ3) is 8.40. The monoisotopic (exact) mass is 647 g/mol. The quantitative estimate of drug-likeness (QED) is 0.175. The molecule has 2 aromatic rings. The van der Waals surface area contributed by atoms with Gasteiger partial charge in [-0.15, -0.1) is 0 Å². The van der Waals surface area contributed by atoms with E-state index in [1.54, 1.807) is 18.2 Å². The molecule has 1 aliphatic rings. The van der Waals surface area contributed by atoms with Gasteiger partial charge in [0.05, 0.1) is 13.5 Å². The van der Waals surface area contributed by atoms with Gasteiger partial charge < -0.3 is 28.5 Å². The number of Topliss-reactive ketones (excluding diaryl/α,β-unsaturated/α-hetero) is 1. The number of nitrogens with zero attached hydrogens (tertiary/aromatic N) is 1. The van der Waals surface area contributed by atoms with Crippen LogP contribution in [0.15, 0.2) is 52.2 Å². The molecule has 13 nitrogen and oxygen atoms in total. The fourth-order valence-electron chi connectivity index (χ4n) is 4.15. The van der Waals surface area contributed by atoms with Crippen LogP contribution in [0.4, 0.5) is 8.78 Å². The molecule has 0 amide bonds. The van der Waals surface area contributed by atoms with Crippen LogP contribution in [-0.2, 0) is 33.2 Å². The number of carbonyl (C=O) groups excluding carboxylic acids is 3. The Labute approximate surface area is 248 Å². The van der Waals surface area contributed by atoms with E-state index in [2.05, 4.69) is 14.4 Å². The van der Waals surface area contributed by atoms with Gasteiger partial charge in [-0.25, -0.2) is 22.9 Å². The number of rotatable bonds is 14. The molecule has 0 saturated carbocycles. The number of esters is 2. The summed E-state index contributed by atoms with van der Waals surface area (Å²) in [6, 6.07) is 7.47. The number of carbonyl (C=O) groups is 3. The van der Waals surface area contributed by atoms with E-state index in [-0.39, 0.29) is 18.0 Å². The minimum Gasteiger partial charge on any atom is -0.468 e. The maximum absolute atomic E-state index is 16.4. The number of nitrogens with one attached hydrogen (secondary N) is 2. The zero-order valence-corrected chi connectivity index (χ0v) is 25.4. The summed E-state index contributed by atoms with van der Waals surface area (Å²) in [5.41, 5.74) is -4.77. The largest absolute Gasteiger partial charge is 0.468 e. The fraction of sp³-hybridized carbons (Fsp3) is 0.500. The van der Waals surface area contributed by atoms with Gasteiger partial charge in [0, 0.05) is 36.7 Å². The SMILES string of the molecule is COC(=O)C(C)NSP(=O)(Oc1ccccc1)C(F)C[C@H]1O[C@@H](n2c(=O)cc[nH]c2=O)[C@](C)(F)[C@@H]1OC(=O)CCC(C)=O. The number of halogens is 2. The average Bonchev–Trinajstić information content (AvgIpc) is 3.19. The third-order valence-electron chi connectivity index (χ3n) is 6.40. The molecule has 43 heavy (non-hydrogen) atoms. The van der Waals surface area contributed by atoms with Crippen LogP contribution >= 0.6 is 18.1 Å². The molecule has 1 aromatic carbocycles. The van der Waals surface area contributed by atoms with E-state index < -0.39 is 78.7 Å². The van der Waals surface area contributed by atoms with Gasteiger partial charge in [-0.1, -0.05) is 18.2 Å². The topological polar surface area (TPSA) is 172 Å². The number of ketones is 1. The van der Waals surface area contributed by atoms with E-state index in [4.69, 9.17) is 14.0 Å². The zero-order chi connectivity index (χ0) is 31.9. The third-order valence-corrected chi connectivity index (χ3v) is 10.5. The summed E-state index contributed by atoms with van der Waals surface area (Å²) in [4.78, 5) is 63.0. The lowest BCUT2D eigenvalue weighted by Gasteiger charge is -2.28. The Bertz CT molecular complexity index is 1440. The highest BCUT2D eigenvalue weighted by Gasteiger charge is 2.60. The molecular formula is C26H32F2N3O10PS. The molecular weight excluding hydrogens is 615 g/mol. The Morgan fingerprint density at radius 3 is 2.49 bits per heavy atom. The Kier molecular flexibility index (Phi) is 11.5. The predicted molar refractivity (Wildman–Crippen MR) is 151 cm³/mol. The van der Waals surface area contributed by atoms with Crippen molar-refractivity contribution in [2.75, 3.05) is 7.11 Å². The van der Waals surface area contributed by atoms with Crippen molar-refractivity contribution >= 4 is 35.9 Å². The van der Waals surface area contributed by atoms with Crippen LogP contribution in [-0.4, -0.2) is 64.2 Å². The summed E-state index contributed by atoms with van der Waals surface area (Å²) in [7, 11) is 1.13. The Morgan fingerprint density at radius 1 is 1.21 bits per heavy atom. The number of aromatic amines is 1. The van der Waals surface area contributed by atoms with Crippen molar-refractivity contribution in [3.05, 3.63) is 63.4 Å². The fourth-order valence-corrected chi connectivity index (χ4v) is 7.59. The first-order chi connectivity index (χ1) is 20.2. The molecule has 1 saturated heterocycles. The molecule has 0 radical (unpaired) electrons. The van der Waals surface area contributed by atoms with Gasteiger partial charge in [0.25, 0.3) is 5.56 Å². The summed E-state index contributed by atoms with van der Waals surface area (Å²) in [5, 5.41) is 0. The zero-order valence-electron chi connectivity index (χ0n) is 23.7. The minimum absolute atomic E-state index is 0.0173. The summed E-state index contributed by atoms with van der Waals surface area (Å²) in [6.07, 6.45) is -6.07. The number of hydrogen-bond donors (Lipinski definition) is 2. The van der Waals surface area contributed by atoms with Crippen LogP contribution in [0.1, 0.15) is 46.3 Å². The van der Waals surface area contributed by atoms with Crippen molar-refractivity contribution in [1.29, 1.82) is 0 Å². The van der Waals surface area contributed by atoms with Crippen molar-refractivity contribution in [2.24, 2.45) is 0 Å². The molecule has 0 spiro atoms. The van der Waals surface area contributed by atoms with E-state index in [1.165, 1.54) is 26.0 Å². The first-order valence-electron chi connectivity index (χ1n) is 13.0. The van der Waals surface area contributed by atoms with E-state index in [0.717, 1.165) is 26.3 Å². The molecule has 1 fully saturated rings. The number of benzene rings is 1. The van der Waals surface area contributed by atoms with Gasteiger partial charge in [0.1, 0.15) is 23.7 Å². The van der Waals surface area contributed by atoms with Crippen LogP contribution < -0.4 is 20.5 Å².